The molecule has 0 aromatic heterocycles. The van der Waals surface area contributed by atoms with Crippen LogP contribution in [0.2, 0.25) is 0 Å². The van der Waals surface area contributed by atoms with Crippen LogP contribution in [-0.2, 0) is 12.8 Å². The van der Waals surface area contributed by atoms with Crippen LogP contribution in [0.4, 0.5) is 0 Å². The molecule has 2 aromatic rings. The number of hydrogen-bond donors (Lipinski definition) is 0. The van der Waals surface area contributed by atoms with E-state index in [2.05, 4.69) is 38.1 Å². The van der Waals surface area contributed by atoms with Crippen molar-refractivity contribution in [3.8, 4) is 11.5 Å². The standard InChI is InChI=1S/C26H39BO2/c1-3-5-7-9-11-13-23-15-19-25(20-16-23)28-27-29-26-21-17-24(18-22-26)14-12-10-8-6-4-2/h15-22,27H,3-14H2,1-2H3. The van der Waals surface area contributed by atoms with Gasteiger partial charge in [0.2, 0.25) is 0 Å². The molecule has 0 aliphatic rings. The molecule has 0 amide bonds. The molecular weight excluding hydrogens is 355 g/mol. The van der Waals surface area contributed by atoms with Crippen molar-refractivity contribution < 1.29 is 9.31 Å². The monoisotopic (exact) mass is 394 g/mol. The fourth-order valence-electron chi connectivity index (χ4n) is 3.54. The summed E-state index contributed by atoms with van der Waals surface area (Å²) in [7, 11) is 0.243. The lowest BCUT2D eigenvalue weighted by Crippen LogP contribution is -2.10. The average molecular weight is 394 g/mol. The van der Waals surface area contributed by atoms with Crippen LogP contribution in [-0.4, -0.2) is 7.69 Å². The first kappa shape index (κ1) is 23.4. The summed E-state index contributed by atoms with van der Waals surface area (Å²) < 4.78 is 11.5. The largest absolute Gasteiger partial charge is 0.576 e. The number of aryl methyl sites for hydroxylation is 2. The van der Waals surface area contributed by atoms with E-state index in [1.807, 2.05) is 24.3 Å². The average Bonchev–Trinajstić information content (AvgIpc) is 2.75. The van der Waals surface area contributed by atoms with Gasteiger partial charge in [-0.3, -0.25) is 0 Å². The first-order chi connectivity index (χ1) is 14.3. The second-order valence-corrected chi connectivity index (χ2v) is 8.02. The van der Waals surface area contributed by atoms with Gasteiger partial charge in [0.25, 0.3) is 0 Å². The SMILES string of the molecule is CCCCCCCc1ccc(OBOc2ccc(CCCCCCC)cc2)cc1. The maximum Gasteiger partial charge on any atom is 0.576 e. The number of hydrogen-bond acceptors (Lipinski definition) is 2. The minimum absolute atomic E-state index is 0.243. The Morgan fingerprint density at radius 3 is 1.28 bits per heavy atom. The van der Waals surface area contributed by atoms with Crippen LogP contribution in [0.5, 0.6) is 11.5 Å². The summed E-state index contributed by atoms with van der Waals surface area (Å²) in [5, 5.41) is 0. The summed E-state index contributed by atoms with van der Waals surface area (Å²) in [6, 6.07) is 16.9. The smallest absolute Gasteiger partial charge is 0.529 e. The van der Waals surface area contributed by atoms with Crippen molar-refractivity contribution in [2.75, 3.05) is 0 Å². The van der Waals surface area contributed by atoms with Gasteiger partial charge in [-0.25, -0.2) is 0 Å². The second-order valence-electron chi connectivity index (χ2n) is 8.02. The van der Waals surface area contributed by atoms with Gasteiger partial charge in [0.05, 0.1) is 0 Å². The van der Waals surface area contributed by atoms with E-state index in [9.17, 15) is 0 Å². The molecule has 29 heavy (non-hydrogen) atoms. The van der Waals surface area contributed by atoms with Crippen LogP contribution in [0.3, 0.4) is 0 Å². The van der Waals surface area contributed by atoms with E-state index < -0.39 is 0 Å². The third-order valence-corrected chi connectivity index (χ3v) is 5.44. The van der Waals surface area contributed by atoms with Gasteiger partial charge in [-0.15, -0.1) is 0 Å². The van der Waals surface area contributed by atoms with Crippen LogP contribution in [0, 0.1) is 0 Å². The van der Waals surface area contributed by atoms with E-state index in [1.165, 1.54) is 75.3 Å². The van der Waals surface area contributed by atoms with Crippen LogP contribution < -0.4 is 9.31 Å². The lowest BCUT2D eigenvalue weighted by atomic mass is 10.1. The zero-order chi connectivity index (χ0) is 20.6. The zero-order valence-corrected chi connectivity index (χ0v) is 18.6. The molecule has 0 bridgehead atoms. The molecule has 0 spiro atoms. The fraction of sp³-hybridized carbons (Fsp3) is 0.538. The van der Waals surface area contributed by atoms with Crippen molar-refractivity contribution in [1.82, 2.24) is 0 Å². The Hall–Kier alpha value is -1.90. The Morgan fingerprint density at radius 1 is 0.517 bits per heavy atom. The van der Waals surface area contributed by atoms with Gasteiger partial charge in [0.1, 0.15) is 11.5 Å². The summed E-state index contributed by atoms with van der Waals surface area (Å²) in [4.78, 5) is 0. The van der Waals surface area contributed by atoms with Gasteiger partial charge < -0.3 is 9.31 Å². The minimum atomic E-state index is 0.243. The highest BCUT2D eigenvalue weighted by molar-refractivity contribution is 6.20. The molecule has 0 unspecified atom stereocenters. The van der Waals surface area contributed by atoms with Crippen LogP contribution in [0.1, 0.15) is 89.2 Å². The Morgan fingerprint density at radius 2 is 0.897 bits per heavy atom. The fourth-order valence-corrected chi connectivity index (χ4v) is 3.54. The van der Waals surface area contributed by atoms with E-state index in [0.717, 1.165) is 24.3 Å². The summed E-state index contributed by atoms with van der Waals surface area (Å²) in [6.45, 7) is 4.52. The van der Waals surface area contributed by atoms with E-state index >= 15 is 0 Å². The summed E-state index contributed by atoms with van der Waals surface area (Å²) in [5.74, 6) is 1.73. The number of rotatable bonds is 16. The van der Waals surface area contributed by atoms with E-state index in [1.54, 1.807) is 0 Å². The Bertz CT molecular complexity index is 579. The molecule has 0 N–H and O–H groups in total. The molecule has 0 aliphatic carbocycles. The van der Waals surface area contributed by atoms with Gasteiger partial charge in [-0.05, 0) is 61.1 Å². The molecule has 2 nitrogen and oxygen atoms in total. The zero-order valence-electron chi connectivity index (χ0n) is 18.6. The highest BCUT2D eigenvalue weighted by Crippen LogP contribution is 2.17. The van der Waals surface area contributed by atoms with Crippen LogP contribution in [0.25, 0.3) is 0 Å². The summed E-state index contributed by atoms with van der Waals surface area (Å²) in [6.07, 6.45) is 15.6. The van der Waals surface area contributed by atoms with Gasteiger partial charge >= 0.3 is 7.69 Å². The highest BCUT2D eigenvalue weighted by Gasteiger charge is 2.02. The van der Waals surface area contributed by atoms with Crippen LogP contribution >= 0.6 is 0 Å². The lowest BCUT2D eigenvalue weighted by Gasteiger charge is -2.09. The minimum Gasteiger partial charge on any atom is -0.529 e. The summed E-state index contributed by atoms with van der Waals surface area (Å²) in [5.41, 5.74) is 2.78. The molecule has 2 aromatic carbocycles. The topological polar surface area (TPSA) is 18.5 Å². The van der Waals surface area contributed by atoms with E-state index in [0.29, 0.717) is 0 Å². The summed E-state index contributed by atoms with van der Waals surface area (Å²) >= 11 is 0. The maximum atomic E-state index is 5.73. The highest BCUT2D eigenvalue weighted by atomic mass is 16.6. The normalized spacial score (nSPS) is 10.7. The van der Waals surface area contributed by atoms with Gasteiger partial charge in [0, 0.05) is 0 Å². The van der Waals surface area contributed by atoms with Crippen molar-refractivity contribution >= 4 is 7.69 Å². The van der Waals surface area contributed by atoms with E-state index in [-0.39, 0.29) is 7.69 Å². The molecule has 0 fully saturated rings. The van der Waals surface area contributed by atoms with Gasteiger partial charge in [-0.2, -0.15) is 0 Å². The van der Waals surface area contributed by atoms with Crippen molar-refractivity contribution in [1.29, 1.82) is 0 Å². The predicted octanol–water partition coefficient (Wildman–Crippen LogP) is 7.44. The molecular formula is C26H39BO2. The number of benzene rings is 2. The maximum absolute atomic E-state index is 5.73. The first-order valence-corrected chi connectivity index (χ1v) is 11.7. The molecule has 0 aliphatic heterocycles. The predicted molar refractivity (Wildman–Crippen MR) is 126 cm³/mol. The van der Waals surface area contributed by atoms with Crippen molar-refractivity contribution in [3.63, 3.8) is 0 Å². The van der Waals surface area contributed by atoms with Crippen molar-refractivity contribution in [3.05, 3.63) is 59.7 Å². The molecule has 3 heteroatoms. The third kappa shape index (κ3) is 10.4. The molecule has 0 heterocycles. The first-order valence-electron chi connectivity index (χ1n) is 11.7. The number of unbranched alkanes of at least 4 members (excludes halogenated alkanes) is 8. The lowest BCUT2D eigenvalue weighted by molar-refractivity contribution is 0.459. The molecule has 158 valence electrons. The Labute approximate surface area is 179 Å². The Kier molecular flexibility index (Phi) is 12.1. The van der Waals surface area contributed by atoms with Gasteiger partial charge in [-0.1, -0.05) is 89.5 Å². The molecule has 0 radical (unpaired) electrons. The molecule has 0 atom stereocenters. The molecule has 2 rings (SSSR count). The van der Waals surface area contributed by atoms with E-state index in [4.69, 9.17) is 9.31 Å². The molecule has 0 saturated heterocycles. The van der Waals surface area contributed by atoms with Crippen molar-refractivity contribution in [2.45, 2.75) is 90.9 Å². The van der Waals surface area contributed by atoms with Gasteiger partial charge in [0.15, 0.2) is 0 Å². The third-order valence-electron chi connectivity index (χ3n) is 5.44. The van der Waals surface area contributed by atoms with Crippen molar-refractivity contribution in [2.24, 2.45) is 0 Å². The second kappa shape index (κ2) is 15.0. The molecule has 0 saturated carbocycles. The Balaban J connectivity index is 1.61. The van der Waals surface area contributed by atoms with Crippen LogP contribution in [0.15, 0.2) is 48.5 Å². The quantitative estimate of drug-likeness (QED) is 0.218.